The summed E-state index contributed by atoms with van der Waals surface area (Å²) in [6.07, 6.45) is -0.735. The second-order valence-corrected chi connectivity index (χ2v) is 9.24. The molecule has 6 heteroatoms. The lowest BCUT2D eigenvalue weighted by Crippen LogP contribution is -2.54. The van der Waals surface area contributed by atoms with Gasteiger partial charge in [0.1, 0.15) is 11.5 Å². The van der Waals surface area contributed by atoms with Crippen LogP contribution in [0.5, 0.6) is 11.5 Å². The van der Waals surface area contributed by atoms with Crippen LogP contribution in [0, 0.1) is 0 Å². The monoisotopic (exact) mass is 495 g/mol. The van der Waals surface area contributed by atoms with E-state index in [2.05, 4.69) is 5.16 Å². The quantitative estimate of drug-likeness (QED) is 0.319. The number of halogens is 1. The molecule has 0 aliphatic carbocycles. The van der Waals surface area contributed by atoms with E-state index in [0.717, 1.165) is 22.4 Å². The van der Waals surface area contributed by atoms with Gasteiger partial charge in [0, 0.05) is 10.6 Å². The average Bonchev–Trinajstić information content (AvgIpc) is 3.32. The maximum absolute atomic E-state index is 14.4. The van der Waals surface area contributed by atoms with Crippen molar-refractivity contribution in [2.24, 2.45) is 5.16 Å². The lowest BCUT2D eigenvalue weighted by atomic mass is 9.68. The molecule has 3 atom stereocenters. The Labute approximate surface area is 213 Å². The van der Waals surface area contributed by atoms with E-state index in [-0.39, 0.29) is 5.78 Å². The minimum atomic E-state index is -1.46. The number of oxime groups is 1. The summed E-state index contributed by atoms with van der Waals surface area (Å²) < 4.78 is 11.9. The number of benzene rings is 4. The Morgan fingerprint density at radius 3 is 2.25 bits per heavy atom. The van der Waals surface area contributed by atoms with Gasteiger partial charge in [0.25, 0.3) is 5.60 Å². The highest BCUT2D eigenvalue weighted by Crippen LogP contribution is 2.54. The van der Waals surface area contributed by atoms with E-state index in [1.54, 1.807) is 13.2 Å². The Morgan fingerprint density at radius 1 is 0.833 bits per heavy atom. The van der Waals surface area contributed by atoms with Crippen molar-refractivity contribution in [3.63, 3.8) is 0 Å². The number of carbonyl (C=O) groups is 1. The van der Waals surface area contributed by atoms with Gasteiger partial charge in [-0.25, -0.2) is 0 Å². The van der Waals surface area contributed by atoms with E-state index < -0.39 is 17.6 Å². The highest BCUT2D eigenvalue weighted by Gasteiger charge is 2.64. The number of carbonyl (C=O) groups excluding carboxylic acids is 1. The third-order valence-corrected chi connectivity index (χ3v) is 7.06. The first kappa shape index (κ1) is 22.4. The maximum atomic E-state index is 14.4. The number of hydrogen-bond donors (Lipinski definition) is 0. The number of methoxy groups -OCH3 is 1. The Hall–Kier alpha value is -4.09. The summed E-state index contributed by atoms with van der Waals surface area (Å²) in [5.74, 6) is 0.516. The standard InChI is InChI=1S/C30H22ClNO4/c1-34-23-17-13-20(14-18-23)27-26(19-11-15-22(31)16-12-19)30(36-32-27)28(33)24-9-5-6-10-25(24)35-29(30)21-7-3-2-4-8-21/h2-18,26,29H,1H3. The molecular weight excluding hydrogens is 474 g/mol. The largest absolute Gasteiger partial charge is 0.497 e. The summed E-state index contributed by atoms with van der Waals surface area (Å²) in [7, 11) is 1.62. The van der Waals surface area contributed by atoms with Gasteiger partial charge in [0.15, 0.2) is 6.10 Å². The van der Waals surface area contributed by atoms with Crippen LogP contribution in [0.25, 0.3) is 0 Å². The van der Waals surface area contributed by atoms with Crippen molar-refractivity contribution in [1.29, 1.82) is 0 Å². The fourth-order valence-corrected chi connectivity index (χ4v) is 5.22. The number of ketones is 1. The fraction of sp³-hybridized carbons (Fsp3) is 0.133. The molecule has 4 aromatic carbocycles. The molecule has 0 radical (unpaired) electrons. The molecular formula is C30H22ClNO4. The van der Waals surface area contributed by atoms with E-state index in [1.807, 2.05) is 97.1 Å². The van der Waals surface area contributed by atoms with E-state index in [4.69, 9.17) is 25.9 Å². The number of para-hydroxylation sites is 1. The molecule has 0 saturated heterocycles. The van der Waals surface area contributed by atoms with Crippen LogP contribution in [0.3, 0.4) is 0 Å². The summed E-state index contributed by atoms with van der Waals surface area (Å²) in [4.78, 5) is 20.7. The molecule has 0 fully saturated rings. The van der Waals surface area contributed by atoms with Crippen LogP contribution in [0.4, 0.5) is 0 Å². The van der Waals surface area contributed by atoms with E-state index >= 15 is 0 Å². The van der Waals surface area contributed by atoms with Crippen LogP contribution in [0.15, 0.2) is 108 Å². The maximum Gasteiger partial charge on any atom is 0.252 e. The number of rotatable bonds is 4. The zero-order chi connectivity index (χ0) is 24.7. The second-order valence-electron chi connectivity index (χ2n) is 8.81. The van der Waals surface area contributed by atoms with E-state index in [1.165, 1.54) is 0 Å². The molecule has 4 aromatic rings. The molecule has 0 aromatic heterocycles. The smallest absolute Gasteiger partial charge is 0.252 e. The van der Waals surface area contributed by atoms with Gasteiger partial charge in [-0.3, -0.25) is 4.79 Å². The lowest BCUT2D eigenvalue weighted by molar-refractivity contribution is -0.0852. The second kappa shape index (κ2) is 8.85. The Kier molecular flexibility index (Phi) is 5.50. The van der Waals surface area contributed by atoms with Gasteiger partial charge in [-0.05, 0) is 59.7 Å². The Bertz CT molecular complexity index is 1450. The molecule has 36 heavy (non-hydrogen) atoms. The summed E-state index contributed by atoms with van der Waals surface area (Å²) in [5.41, 5.74) is 2.14. The number of hydrogen-bond acceptors (Lipinski definition) is 5. The highest BCUT2D eigenvalue weighted by molar-refractivity contribution is 6.30. The summed E-state index contributed by atoms with van der Waals surface area (Å²) in [6, 6.07) is 32.0. The molecule has 178 valence electrons. The molecule has 3 unspecified atom stereocenters. The summed E-state index contributed by atoms with van der Waals surface area (Å²) in [6.45, 7) is 0. The van der Waals surface area contributed by atoms with E-state index in [0.29, 0.717) is 22.0 Å². The zero-order valence-electron chi connectivity index (χ0n) is 19.4. The Balaban J connectivity index is 1.58. The van der Waals surface area contributed by atoms with Gasteiger partial charge >= 0.3 is 0 Å². The van der Waals surface area contributed by atoms with Crippen molar-refractivity contribution < 1.29 is 19.1 Å². The van der Waals surface area contributed by atoms with Crippen LogP contribution in [-0.4, -0.2) is 24.2 Å². The van der Waals surface area contributed by atoms with Crippen molar-refractivity contribution in [3.8, 4) is 11.5 Å². The lowest BCUT2D eigenvalue weighted by Gasteiger charge is -2.42. The van der Waals surface area contributed by atoms with Crippen molar-refractivity contribution in [2.75, 3.05) is 7.11 Å². The molecule has 6 rings (SSSR count). The minimum absolute atomic E-state index is 0.176. The van der Waals surface area contributed by atoms with Crippen molar-refractivity contribution in [1.82, 2.24) is 0 Å². The van der Waals surface area contributed by atoms with Crippen LogP contribution in [-0.2, 0) is 4.84 Å². The molecule has 2 heterocycles. The summed E-state index contributed by atoms with van der Waals surface area (Å²) in [5, 5.41) is 5.16. The van der Waals surface area contributed by atoms with Crippen LogP contribution in [0.2, 0.25) is 5.02 Å². The molecule has 0 N–H and O–H groups in total. The third kappa shape index (κ3) is 3.47. The zero-order valence-corrected chi connectivity index (χ0v) is 20.2. The third-order valence-electron chi connectivity index (χ3n) is 6.81. The van der Waals surface area contributed by atoms with Gasteiger partial charge in [0.05, 0.1) is 24.3 Å². The fourth-order valence-electron chi connectivity index (χ4n) is 5.09. The topological polar surface area (TPSA) is 57.1 Å². The first-order valence-corrected chi connectivity index (χ1v) is 12.0. The Morgan fingerprint density at radius 2 is 1.53 bits per heavy atom. The predicted octanol–water partition coefficient (Wildman–Crippen LogP) is 6.62. The summed E-state index contributed by atoms with van der Waals surface area (Å²) >= 11 is 6.24. The van der Waals surface area contributed by atoms with Crippen LogP contribution >= 0.6 is 11.6 Å². The molecule has 0 bridgehead atoms. The van der Waals surface area contributed by atoms with Gasteiger partial charge in [-0.1, -0.05) is 71.4 Å². The van der Waals surface area contributed by atoms with Gasteiger partial charge < -0.3 is 14.3 Å². The number of nitrogens with zero attached hydrogens (tertiary/aromatic N) is 1. The van der Waals surface area contributed by atoms with Crippen LogP contribution in [0.1, 0.15) is 39.1 Å². The normalized spacial score (nSPS) is 22.4. The van der Waals surface area contributed by atoms with Crippen molar-refractivity contribution >= 4 is 23.1 Å². The highest BCUT2D eigenvalue weighted by atomic mass is 35.5. The molecule has 0 amide bonds. The number of ether oxygens (including phenoxy) is 2. The number of Topliss-reactive ketones (excluding diaryl/α,β-unsaturated/α-hetero) is 1. The van der Waals surface area contributed by atoms with Gasteiger partial charge in [-0.2, -0.15) is 0 Å². The molecule has 2 aliphatic heterocycles. The molecule has 1 spiro atoms. The minimum Gasteiger partial charge on any atom is -0.497 e. The van der Waals surface area contributed by atoms with E-state index in [9.17, 15) is 4.79 Å². The van der Waals surface area contributed by atoms with Gasteiger partial charge in [-0.15, -0.1) is 0 Å². The van der Waals surface area contributed by atoms with Crippen LogP contribution < -0.4 is 9.47 Å². The SMILES string of the molecule is COc1ccc(C2=NOC3(C(=O)c4ccccc4OC3c3ccccc3)C2c2ccc(Cl)cc2)cc1. The van der Waals surface area contributed by atoms with Gasteiger partial charge in [0.2, 0.25) is 5.78 Å². The molecule has 2 aliphatic rings. The average molecular weight is 496 g/mol. The predicted molar refractivity (Wildman–Crippen MR) is 138 cm³/mol. The van der Waals surface area contributed by atoms with Crippen molar-refractivity contribution in [3.05, 3.63) is 130 Å². The van der Waals surface area contributed by atoms with Crippen molar-refractivity contribution in [2.45, 2.75) is 17.6 Å². The molecule has 5 nitrogen and oxygen atoms in total. The number of fused-ring (bicyclic) bond motifs is 1. The first-order valence-electron chi connectivity index (χ1n) is 11.6. The first-order chi connectivity index (χ1) is 17.6. The molecule has 0 saturated carbocycles.